The number of ether oxygens (including phenoxy) is 2. The maximum Gasteiger partial charge on any atom is 0.182 e. The highest BCUT2D eigenvalue weighted by Gasteiger charge is 2.16. The third-order valence-electron chi connectivity index (χ3n) is 1.73. The minimum atomic E-state index is -0.549. The topological polar surface area (TPSA) is 64.7 Å². The van der Waals surface area contributed by atoms with E-state index in [1.54, 1.807) is 0 Å². The molecule has 74 valence electrons. The van der Waals surface area contributed by atoms with Gasteiger partial charge in [-0.2, -0.15) is 0 Å². The monoisotopic (exact) mass is 177 g/mol. The Balaban J connectivity index is 3.47. The van der Waals surface area contributed by atoms with Crippen LogP contribution in [0, 0.1) is 0 Å². The fourth-order valence-corrected chi connectivity index (χ4v) is 1.04. The molecule has 0 rings (SSSR count). The second-order valence-electron chi connectivity index (χ2n) is 2.69. The van der Waals surface area contributed by atoms with Crippen LogP contribution in [0.25, 0.3) is 0 Å². The lowest BCUT2D eigenvalue weighted by Crippen LogP contribution is -2.29. The van der Waals surface area contributed by atoms with E-state index in [0.717, 1.165) is 12.8 Å². The van der Waals surface area contributed by atoms with Crippen molar-refractivity contribution in [3.63, 3.8) is 0 Å². The van der Waals surface area contributed by atoms with Crippen molar-refractivity contribution >= 4 is 0 Å². The second-order valence-corrected chi connectivity index (χ2v) is 2.69. The minimum Gasteiger partial charge on any atom is -0.388 e. The minimum absolute atomic E-state index is 0.511. The lowest BCUT2D eigenvalue weighted by molar-refractivity contribution is -0.165. The number of aliphatic hydroxyl groups excluding tert-OH is 1. The van der Waals surface area contributed by atoms with Gasteiger partial charge in [0.2, 0.25) is 0 Å². The van der Waals surface area contributed by atoms with Crippen molar-refractivity contribution in [2.75, 3.05) is 20.8 Å². The van der Waals surface area contributed by atoms with E-state index in [1.165, 1.54) is 14.2 Å². The van der Waals surface area contributed by atoms with Crippen LogP contribution in [0.1, 0.15) is 19.3 Å². The molecule has 12 heavy (non-hydrogen) atoms. The SMILES string of the molecule is COC(OC)C(O)CCCCN. The van der Waals surface area contributed by atoms with Crippen molar-refractivity contribution in [1.29, 1.82) is 0 Å². The van der Waals surface area contributed by atoms with Crippen molar-refractivity contribution < 1.29 is 14.6 Å². The molecule has 0 aromatic heterocycles. The van der Waals surface area contributed by atoms with Gasteiger partial charge in [0.05, 0.1) is 0 Å². The summed E-state index contributed by atoms with van der Waals surface area (Å²) in [5.74, 6) is 0. The molecule has 4 heteroatoms. The molecule has 3 N–H and O–H groups in total. The van der Waals surface area contributed by atoms with Crippen LogP contribution in [0.2, 0.25) is 0 Å². The molecular weight excluding hydrogens is 158 g/mol. The maximum atomic E-state index is 9.44. The van der Waals surface area contributed by atoms with Crippen LogP contribution in [-0.4, -0.2) is 38.3 Å². The van der Waals surface area contributed by atoms with E-state index in [1.807, 2.05) is 0 Å². The summed E-state index contributed by atoms with van der Waals surface area (Å²) in [4.78, 5) is 0. The first-order valence-corrected chi connectivity index (χ1v) is 4.20. The van der Waals surface area contributed by atoms with Crippen LogP contribution < -0.4 is 5.73 Å². The summed E-state index contributed by atoms with van der Waals surface area (Å²) in [5, 5.41) is 9.44. The Morgan fingerprint density at radius 2 is 1.83 bits per heavy atom. The van der Waals surface area contributed by atoms with E-state index >= 15 is 0 Å². The quantitative estimate of drug-likeness (QED) is 0.427. The molecule has 0 heterocycles. The average Bonchev–Trinajstić information content (AvgIpc) is 2.07. The highest BCUT2D eigenvalue weighted by Crippen LogP contribution is 2.07. The van der Waals surface area contributed by atoms with Gasteiger partial charge < -0.3 is 20.3 Å². The van der Waals surface area contributed by atoms with Gasteiger partial charge in [0, 0.05) is 14.2 Å². The molecule has 0 fully saturated rings. The van der Waals surface area contributed by atoms with E-state index in [9.17, 15) is 5.11 Å². The summed E-state index contributed by atoms with van der Waals surface area (Å²) in [5.41, 5.74) is 5.31. The molecular formula is C8H19NO3. The molecule has 1 unspecified atom stereocenters. The number of methoxy groups -OCH3 is 2. The summed E-state index contributed by atoms with van der Waals surface area (Å²) in [6.45, 7) is 0.664. The first kappa shape index (κ1) is 11.8. The van der Waals surface area contributed by atoms with E-state index in [0.29, 0.717) is 13.0 Å². The van der Waals surface area contributed by atoms with Crippen LogP contribution in [0.5, 0.6) is 0 Å². The zero-order valence-electron chi connectivity index (χ0n) is 7.82. The Hall–Kier alpha value is -0.160. The molecule has 4 nitrogen and oxygen atoms in total. The Morgan fingerprint density at radius 3 is 2.25 bits per heavy atom. The van der Waals surface area contributed by atoms with Crippen molar-refractivity contribution in [2.45, 2.75) is 31.7 Å². The smallest absolute Gasteiger partial charge is 0.182 e. The van der Waals surface area contributed by atoms with Crippen LogP contribution in [0.4, 0.5) is 0 Å². The van der Waals surface area contributed by atoms with E-state index in [4.69, 9.17) is 15.2 Å². The predicted molar refractivity (Wildman–Crippen MR) is 46.7 cm³/mol. The lowest BCUT2D eigenvalue weighted by atomic mass is 10.1. The Labute approximate surface area is 73.7 Å². The Bertz CT molecular complexity index is 96.3. The standard InChI is InChI=1S/C8H19NO3/c1-11-8(12-2)7(10)5-3-4-6-9/h7-8,10H,3-6,9H2,1-2H3. The van der Waals surface area contributed by atoms with Crippen LogP contribution in [0.15, 0.2) is 0 Å². The van der Waals surface area contributed by atoms with Gasteiger partial charge in [0.15, 0.2) is 6.29 Å². The number of hydrogen-bond acceptors (Lipinski definition) is 4. The van der Waals surface area contributed by atoms with Gasteiger partial charge in [0.1, 0.15) is 6.10 Å². The predicted octanol–water partition coefficient (Wildman–Crippen LogP) is 0.0952. The molecule has 0 aliphatic carbocycles. The van der Waals surface area contributed by atoms with Gasteiger partial charge in [-0.25, -0.2) is 0 Å². The van der Waals surface area contributed by atoms with E-state index in [2.05, 4.69) is 0 Å². The van der Waals surface area contributed by atoms with Crippen LogP contribution >= 0.6 is 0 Å². The summed E-state index contributed by atoms with van der Waals surface area (Å²) >= 11 is 0. The molecule has 0 spiro atoms. The summed E-state index contributed by atoms with van der Waals surface area (Å²) < 4.78 is 9.78. The number of hydrogen-bond donors (Lipinski definition) is 2. The zero-order valence-corrected chi connectivity index (χ0v) is 7.82. The molecule has 0 aliphatic rings. The number of unbranched alkanes of at least 4 members (excludes halogenated alkanes) is 1. The molecule has 0 saturated heterocycles. The van der Waals surface area contributed by atoms with Crippen molar-refractivity contribution in [2.24, 2.45) is 5.73 Å². The van der Waals surface area contributed by atoms with E-state index < -0.39 is 12.4 Å². The molecule has 0 radical (unpaired) electrons. The molecule has 0 aromatic rings. The number of rotatable bonds is 7. The fourth-order valence-electron chi connectivity index (χ4n) is 1.04. The molecule has 0 saturated carbocycles. The van der Waals surface area contributed by atoms with Gasteiger partial charge in [0.25, 0.3) is 0 Å². The number of nitrogens with two attached hydrogens (primary N) is 1. The average molecular weight is 177 g/mol. The van der Waals surface area contributed by atoms with E-state index in [-0.39, 0.29) is 0 Å². The summed E-state index contributed by atoms with van der Waals surface area (Å²) in [6, 6.07) is 0. The van der Waals surface area contributed by atoms with Crippen LogP contribution in [-0.2, 0) is 9.47 Å². The zero-order chi connectivity index (χ0) is 9.40. The third kappa shape index (κ3) is 4.66. The second kappa shape index (κ2) is 7.49. The normalized spacial score (nSPS) is 13.8. The van der Waals surface area contributed by atoms with Crippen molar-refractivity contribution in [1.82, 2.24) is 0 Å². The van der Waals surface area contributed by atoms with Gasteiger partial charge in [-0.1, -0.05) is 0 Å². The molecule has 0 aliphatic heterocycles. The molecule has 0 amide bonds. The molecule has 1 atom stereocenters. The van der Waals surface area contributed by atoms with Crippen molar-refractivity contribution in [3.05, 3.63) is 0 Å². The van der Waals surface area contributed by atoms with Crippen molar-refractivity contribution in [3.8, 4) is 0 Å². The Kier molecular flexibility index (Phi) is 7.39. The maximum absolute atomic E-state index is 9.44. The fraction of sp³-hybridized carbons (Fsp3) is 1.00. The summed E-state index contributed by atoms with van der Waals surface area (Å²) in [7, 11) is 3.03. The molecule has 0 bridgehead atoms. The summed E-state index contributed by atoms with van der Waals surface area (Å²) in [6.07, 6.45) is 1.44. The van der Waals surface area contributed by atoms with Gasteiger partial charge in [-0.3, -0.25) is 0 Å². The highest BCUT2D eigenvalue weighted by molar-refractivity contribution is 4.59. The van der Waals surface area contributed by atoms with Crippen LogP contribution in [0.3, 0.4) is 0 Å². The third-order valence-corrected chi connectivity index (χ3v) is 1.73. The van der Waals surface area contributed by atoms with Gasteiger partial charge in [-0.15, -0.1) is 0 Å². The van der Waals surface area contributed by atoms with Gasteiger partial charge in [-0.05, 0) is 25.8 Å². The Morgan fingerprint density at radius 1 is 1.25 bits per heavy atom. The first-order chi connectivity index (χ1) is 5.76. The molecule has 0 aromatic carbocycles. The number of aliphatic hydroxyl groups is 1. The first-order valence-electron chi connectivity index (χ1n) is 4.20. The highest BCUT2D eigenvalue weighted by atomic mass is 16.7. The largest absolute Gasteiger partial charge is 0.388 e. The van der Waals surface area contributed by atoms with Gasteiger partial charge >= 0.3 is 0 Å². The lowest BCUT2D eigenvalue weighted by Gasteiger charge is -2.19.